The van der Waals surface area contributed by atoms with E-state index >= 15 is 0 Å². The highest BCUT2D eigenvalue weighted by molar-refractivity contribution is 5.99. The number of hydrogen-bond donors (Lipinski definition) is 3. The maximum absolute atomic E-state index is 13.6. The van der Waals surface area contributed by atoms with Crippen LogP contribution < -0.4 is 5.32 Å². The molecule has 1 aliphatic carbocycles. The van der Waals surface area contributed by atoms with Gasteiger partial charge in [0, 0.05) is 37.8 Å². The number of aliphatic hydroxyl groups excluding tert-OH is 1. The number of nitrogens with zero attached hydrogens (tertiary/aromatic N) is 2. The zero-order valence-electron chi connectivity index (χ0n) is 22.7. The van der Waals surface area contributed by atoms with E-state index in [2.05, 4.69) is 20.1 Å². The van der Waals surface area contributed by atoms with E-state index in [9.17, 15) is 28.2 Å². The minimum atomic E-state index is -5.29. The van der Waals surface area contributed by atoms with Gasteiger partial charge in [0.2, 0.25) is 5.79 Å². The van der Waals surface area contributed by atoms with Gasteiger partial charge in [-0.3, -0.25) is 14.4 Å². The number of hydrogen-bond acceptors (Lipinski definition) is 8. The first kappa shape index (κ1) is 29.5. The van der Waals surface area contributed by atoms with Crippen molar-refractivity contribution in [2.75, 3.05) is 32.8 Å². The number of halogens is 3. The number of nitrogens with one attached hydrogen (secondary N) is 1. The summed E-state index contributed by atoms with van der Waals surface area (Å²) in [7, 11) is 0. The standard InChI is InChI=1S/C30H30F3N3O6/c1-2-34-28(38)26-25(21-10-8-19(9-11-21)18-36-12-14-40-15-13-36)27(41-35-26)23-16-22(20-6-4-3-5-7-20)24(37)17-29(23,39)42-30(31,32)33/h3-11,16-17,23,37,39H,2,12-15,18H2,1H3,(H,34,38). The minimum absolute atomic E-state index is 0.0894. The Labute approximate surface area is 239 Å². The molecule has 1 aliphatic heterocycles. The summed E-state index contributed by atoms with van der Waals surface area (Å²) in [4.78, 5) is 15.2. The number of alkyl halides is 3. The lowest BCUT2D eigenvalue weighted by atomic mass is 9.82. The second kappa shape index (κ2) is 12.1. The van der Waals surface area contributed by atoms with Crippen LogP contribution in [0.2, 0.25) is 0 Å². The van der Waals surface area contributed by atoms with E-state index in [0.29, 0.717) is 37.0 Å². The number of amides is 1. The molecule has 1 fully saturated rings. The highest BCUT2D eigenvalue weighted by atomic mass is 19.4. The number of aromatic nitrogens is 1. The van der Waals surface area contributed by atoms with E-state index in [-0.39, 0.29) is 29.1 Å². The van der Waals surface area contributed by atoms with Crippen molar-refractivity contribution >= 4 is 11.5 Å². The highest BCUT2D eigenvalue weighted by Crippen LogP contribution is 2.47. The van der Waals surface area contributed by atoms with Crippen LogP contribution in [-0.2, 0) is 16.0 Å². The molecule has 2 atom stereocenters. The van der Waals surface area contributed by atoms with Crippen LogP contribution >= 0.6 is 0 Å². The zero-order chi connectivity index (χ0) is 29.9. The fourth-order valence-corrected chi connectivity index (χ4v) is 5.13. The third-order valence-corrected chi connectivity index (χ3v) is 7.07. The molecule has 0 radical (unpaired) electrons. The second-order valence-electron chi connectivity index (χ2n) is 9.97. The smallest absolute Gasteiger partial charge is 0.507 e. The quantitative estimate of drug-likeness (QED) is 0.324. The molecule has 9 nitrogen and oxygen atoms in total. The summed E-state index contributed by atoms with van der Waals surface area (Å²) in [6, 6.07) is 15.6. The number of rotatable bonds is 8. The summed E-state index contributed by atoms with van der Waals surface area (Å²) < 4.78 is 55.9. The summed E-state index contributed by atoms with van der Waals surface area (Å²) in [6.45, 7) is 5.49. The number of benzene rings is 2. The van der Waals surface area contributed by atoms with Crippen LogP contribution in [0.4, 0.5) is 13.2 Å². The van der Waals surface area contributed by atoms with Crippen LogP contribution in [0.5, 0.6) is 0 Å². The lowest BCUT2D eigenvalue weighted by Crippen LogP contribution is -2.43. The predicted octanol–water partition coefficient (Wildman–Crippen LogP) is 4.77. The summed E-state index contributed by atoms with van der Waals surface area (Å²) in [5, 5.41) is 28.5. The van der Waals surface area contributed by atoms with Gasteiger partial charge in [-0.2, -0.15) is 0 Å². The van der Waals surface area contributed by atoms with E-state index in [1.165, 1.54) is 6.08 Å². The molecule has 0 spiro atoms. The van der Waals surface area contributed by atoms with E-state index in [1.807, 2.05) is 12.1 Å². The van der Waals surface area contributed by atoms with Gasteiger partial charge in [0.05, 0.1) is 24.7 Å². The van der Waals surface area contributed by atoms with Crippen LogP contribution in [0, 0.1) is 0 Å². The monoisotopic (exact) mass is 585 g/mol. The molecule has 2 aliphatic rings. The molecule has 1 amide bonds. The van der Waals surface area contributed by atoms with Crippen LogP contribution in [-0.4, -0.2) is 71.2 Å². The maximum atomic E-state index is 13.6. The molecule has 42 heavy (non-hydrogen) atoms. The minimum Gasteiger partial charge on any atom is -0.507 e. The molecule has 2 unspecified atom stereocenters. The third-order valence-electron chi connectivity index (χ3n) is 7.07. The molecule has 5 rings (SSSR count). The Morgan fingerprint density at radius 2 is 1.81 bits per heavy atom. The molecule has 3 N–H and O–H groups in total. The Balaban J connectivity index is 1.62. The topological polar surface area (TPSA) is 117 Å². The average Bonchev–Trinajstić information content (AvgIpc) is 3.38. The Morgan fingerprint density at radius 3 is 2.45 bits per heavy atom. The van der Waals surface area contributed by atoms with Crippen molar-refractivity contribution in [2.45, 2.75) is 31.5 Å². The van der Waals surface area contributed by atoms with E-state index in [4.69, 9.17) is 9.26 Å². The summed E-state index contributed by atoms with van der Waals surface area (Å²) in [6.07, 6.45) is -3.49. The first-order chi connectivity index (χ1) is 20.1. The largest absolute Gasteiger partial charge is 0.525 e. The molecule has 2 aromatic carbocycles. The van der Waals surface area contributed by atoms with E-state index < -0.39 is 29.7 Å². The van der Waals surface area contributed by atoms with E-state index in [0.717, 1.165) is 18.7 Å². The van der Waals surface area contributed by atoms with Crippen molar-refractivity contribution in [3.63, 3.8) is 0 Å². The van der Waals surface area contributed by atoms with Crippen molar-refractivity contribution in [1.82, 2.24) is 15.4 Å². The van der Waals surface area contributed by atoms with Gasteiger partial charge in [0.15, 0.2) is 11.5 Å². The van der Waals surface area contributed by atoms with Gasteiger partial charge < -0.3 is 24.8 Å². The molecule has 0 saturated carbocycles. The van der Waals surface area contributed by atoms with Gasteiger partial charge in [-0.25, -0.2) is 0 Å². The summed E-state index contributed by atoms with van der Waals surface area (Å²) >= 11 is 0. The molecule has 0 bridgehead atoms. The third kappa shape index (κ3) is 6.41. The number of allylic oxidation sites excluding steroid dienone is 1. The highest BCUT2D eigenvalue weighted by Gasteiger charge is 2.51. The fraction of sp³-hybridized carbons (Fsp3) is 0.333. The molecule has 3 aromatic rings. The van der Waals surface area contributed by atoms with Crippen molar-refractivity contribution < 1.29 is 42.2 Å². The van der Waals surface area contributed by atoms with Gasteiger partial charge in [-0.15, -0.1) is 13.2 Å². The van der Waals surface area contributed by atoms with E-state index in [1.54, 1.807) is 49.4 Å². The van der Waals surface area contributed by atoms with Crippen molar-refractivity contribution in [3.8, 4) is 11.1 Å². The average molecular weight is 586 g/mol. The Bertz CT molecular complexity index is 1460. The number of carbonyl (C=O) groups excluding carboxylic acids is 1. The SMILES string of the molecule is CCNC(=O)c1noc(C2C=C(c3ccccc3)C(O)=CC2(O)OC(F)(F)F)c1-c1ccc(CN2CCOCC2)cc1. The van der Waals surface area contributed by atoms with Gasteiger partial charge in [0.25, 0.3) is 5.91 Å². The van der Waals surface area contributed by atoms with Crippen LogP contribution in [0.25, 0.3) is 16.7 Å². The molecule has 12 heteroatoms. The van der Waals surface area contributed by atoms with Crippen molar-refractivity contribution in [2.24, 2.45) is 0 Å². The number of carbonyl (C=O) groups is 1. The van der Waals surface area contributed by atoms with Crippen LogP contribution in [0.3, 0.4) is 0 Å². The Hall–Kier alpha value is -3.97. The molecule has 222 valence electrons. The van der Waals surface area contributed by atoms with Crippen LogP contribution in [0.15, 0.2) is 77.0 Å². The van der Waals surface area contributed by atoms with Gasteiger partial charge in [0.1, 0.15) is 5.76 Å². The van der Waals surface area contributed by atoms with Crippen LogP contribution in [0.1, 0.15) is 40.2 Å². The molecule has 1 saturated heterocycles. The van der Waals surface area contributed by atoms with Crippen molar-refractivity contribution in [1.29, 1.82) is 0 Å². The predicted molar refractivity (Wildman–Crippen MR) is 146 cm³/mol. The van der Waals surface area contributed by atoms with Crippen molar-refractivity contribution in [3.05, 3.63) is 95.1 Å². The normalized spacial score (nSPS) is 21.5. The number of aliphatic hydroxyl groups is 2. The lowest BCUT2D eigenvalue weighted by Gasteiger charge is -2.34. The summed E-state index contributed by atoms with van der Waals surface area (Å²) in [5.41, 5.74) is 1.94. The lowest BCUT2D eigenvalue weighted by molar-refractivity contribution is -0.399. The van der Waals surface area contributed by atoms with Gasteiger partial charge in [-0.1, -0.05) is 65.8 Å². The fourth-order valence-electron chi connectivity index (χ4n) is 5.13. The molecular weight excluding hydrogens is 555 g/mol. The Morgan fingerprint density at radius 1 is 1.12 bits per heavy atom. The number of morpholine rings is 1. The Kier molecular flexibility index (Phi) is 8.50. The molecular formula is C30H30F3N3O6. The first-order valence-electron chi connectivity index (χ1n) is 13.4. The van der Waals surface area contributed by atoms with Gasteiger partial charge >= 0.3 is 6.36 Å². The second-order valence-corrected chi connectivity index (χ2v) is 9.97. The summed E-state index contributed by atoms with van der Waals surface area (Å²) in [5.74, 6) is -6.27. The van der Waals surface area contributed by atoms with Gasteiger partial charge in [-0.05, 0) is 23.6 Å². The zero-order valence-corrected chi connectivity index (χ0v) is 22.7. The molecule has 1 aromatic heterocycles. The molecule has 2 heterocycles. The number of ether oxygens (including phenoxy) is 2. The first-order valence-corrected chi connectivity index (χ1v) is 13.4. The maximum Gasteiger partial charge on any atom is 0.525 e.